The predicted molar refractivity (Wildman–Crippen MR) is 101 cm³/mol. The molecule has 130 valence electrons. The van der Waals surface area contributed by atoms with Gasteiger partial charge in [-0.25, -0.2) is 0 Å². The third kappa shape index (κ3) is 4.02. The smallest absolute Gasteiger partial charge is 0.192 e. The van der Waals surface area contributed by atoms with Crippen molar-refractivity contribution in [1.82, 2.24) is 19.7 Å². The number of hydrogen-bond acceptors (Lipinski definition) is 5. The van der Waals surface area contributed by atoms with Gasteiger partial charge in [-0.15, -0.1) is 10.2 Å². The summed E-state index contributed by atoms with van der Waals surface area (Å²) in [6.45, 7) is 5.23. The maximum Gasteiger partial charge on any atom is 0.192 e. The molecule has 0 radical (unpaired) electrons. The van der Waals surface area contributed by atoms with Crippen LogP contribution in [-0.2, 0) is 6.54 Å². The van der Waals surface area contributed by atoms with Crippen molar-refractivity contribution in [2.45, 2.75) is 37.2 Å². The molecule has 2 aromatic heterocycles. The van der Waals surface area contributed by atoms with E-state index < -0.39 is 0 Å². The minimum atomic E-state index is 0.250. The van der Waals surface area contributed by atoms with Gasteiger partial charge in [0.1, 0.15) is 5.75 Å². The van der Waals surface area contributed by atoms with Crippen molar-refractivity contribution in [3.63, 3.8) is 0 Å². The highest BCUT2D eigenvalue weighted by Gasteiger charge is 2.17. The van der Waals surface area contributed by atoms with Crippen LogP contribution in [0, 0.1) is 0 Å². The number of pyridine rings is 1. The zero-order valence-electron chi connectivity index (χ0n) is 14.7. The number of methoxy groups -OCH3 is 1. The number of aromatic nitrogens is 4. The van der Waals surface area contributed by atoms with Crippen molar-refractivity contribution in [3.8, 4) is 17.1 Å². The third-order valence-corrected chi connectivity index (χ3v) is 5.09. The lowest BCUT2D eigenvalue weighted by atomic mass is 10.1. The first-order valence-corrected chi connectivity index (χ1v) is 9.25. The van der Waals surface area contributed by atoms with Gasteiger partial charge < -0.3 is 9.30 Å². The highest BCUT2D eigenvalue weighted by Crippen LogP contribution is 2.36. The average Bonchev–Trinajstić information content (AvgIpc) is 3.05. The molecule has 0 saturated carbocycles. The van der Waals surface area contributed by atoms with Crippen LogP contribution in [0.15, 0.2) is 53.9 Å². The molecule has 3 rings (SSSR count). The maximum atomic E-state index is 5.33. The Hall–Kier alpha value is -2.34. The zero-order chi connectivity index (χ0) is 17.6. The molecule has 2 heterocycles. The fraction of sp³-hybridized carbons (Fsp3) is 0.316. The second kappa shape index (κ2) is 8.16. The van der Waals surface area contributed by atoms with Gasteiger partial charge in [-0.05, 0) is 43.2 Å². The van der Waals surface area contributed by atoms with E-state index in [1.54, 1.807) is 31.3 Å². The quantitative estimate of drug-likeness (QED) is 0.580. The second-order valence-electron chi connectivity index (χ2n) is 5.73. The van der Waals surface area contributed by atoms with E-state index >= 15 is 0 Å². The lowest BCUT2D eigenvalue weighted by molar-refractivity contribution is 0.414. The van der Waals surface area contributed by atoms with E-state index in [-0.39, 0.29) is 5.25 Å². The van der Waals surface area contributed by atoms with Gasteiger partial charge in [0.2, 0.25) is 0 Å². The number of thioether (sulfide) groups is 1. The summed E-state index contributed by atoms with van der Waals surface area (Å²) < 4.78 is 7.52. The van der Waals surface area contributed by atoms with Gasteiger partial charge in [0.25, 0.3) is 0 Å². The molecule has 1 unspecified atom stereocenters. The lowest BCUT2D eigenvalue weighted by Gasteiger charge is -2.14. The Morgan fingerprint density at radius 1 is 1.16 bits per heavy atom. The second-order valence-corrected chi connectivity index (χ2v) is 7.04. The van der Waals surface area contributed by atoms with Crippen molar-refractivity contribution < 1.29 is 4.74 Å². The molecule has 0 bridgehead atoms. The largest absolute Gasteiger partial charge is 0.497 e. The maximum absolute atomic E-state index is 5.33. The van der Waals surface area contributed by atoms with Crippen LogP contribution in [0.5, 0.6) is 5.75 Å². The fourth-order valence-corrected chi connectivity index (χ4v) is 3.63. The van der Waals surface area contributed by atoms with Crippen LogP contribution in [-0.4, -0.2) is 26.9 Å². The first-order chi connectivity index (χ1) is 12.2. The normalized spacial score (nSPS) is 12.1. The van der Waals surface area contributed by atoms with Crippen molar-refractivity contribution in [2.24, 2.45) is 0 Å². The van der Waals surface area contributed by atoms with Crippen molar-refractivity contribution in [3.05, 3.63) is 54.4 Å². The molecule has 25 heavy (non-hydrogen) atoms. The monoisotopic (exact) mass is 354 g/mol. The molecule has 0 aliphatic carbocycles. The Morgan fingerprint density at radius 3 is 2.68 bits per heavy atom. The summed E-state index contributed by atoms with van der Waals surface area (Å²) in [5, 5.41) is 10.1. The van der Waals surface area contributed by atoms with Crippen LogP contribution in [0.1, 0.15) is 31.1 Å². The number of nitrogens with zero attached hydrogens (tertiary/aromatic N) is 4. The van der Waals surface area contributed by atoms with E-state index in [1.165, 1.54) is 5.56 Å². The van der Waals surface area contributed by atoms with E-state index in [4.69, 9.17) is 4.74 Å². The minimum Gasteiger partial charge on any atom is -0.497 e. The van der Waals surface area contributed by atoms with E-state index in [0.29, 0.717) is 0 Å². The van der Waals surface area contributed by atoms with Crippen LogP contribution < -0.4 is 4.74 Å². The van der Waals surface area contributed by atoms with E-state index in [2.05, 4.69) is 45.7 Å². The summed E-state index contributed by atoms with van der Waals surface area (Å²) in [5.74, 6) is 1.77. The molecule has 6 heteroatoms. The molecule has 0 N–H and O–H groups in total. The van der Waals surface area contributed by atoms with Gasteiger partial charge in [-0.3, -0.25) is 4.98 Å². The molecular weight excluding hydrogens is 332 g/mol. The Bertz CT molecular complexity index is 819. The fourth-order valence-electron chi connectivity index (χ4n) is 2.64. The highest BCUT2D eigenvalue weighted by molar-refractivity contribution is 7.99. The number of ether oxygens (including phenoxy) is 1. The van der Waals surface area contributed by atoms with E-state index in [0.717, 1.165) is 35.3 Å². The summed E-state index contributed by atoms with van der Waals surface area (Å²) >= 11 is 1.72. The Balaban J connectivity index is 1.88. The number of hydrogen-bond donors (Lipinski definition) is 0. The summed E-state index contributed by atoms with van der Waals surface area (Å²) in [6, 6.07) is 12.1. The zero-order valence-corrected chi connectivity index (χ0v) is 15.5. The van der Waals surface area contributed by atoms with E-state index in [9.17, 15) is 0 Å². The summed E-state index contributed by atoms with van der Waals surface area (Å²) in [7, 11) is 1.69. The van der Waals surface area contributed by atoms with Gasteiger partial charge in [0, 0.05) is 29.8 Å². The van der Waals surface area contributed by atoms with Crippen LogP contribution in [0.4, 0.5) is 0 Å². The molecule has 0 fully saturated rings. The molecule has 0 saturated heterocycles. The molecule has 0 aliphatic heterocycles. The summed E-state index contributed by atoms with van der Waals surface area (Å²) in [5.41, 5.74) is 2.25. The van der Waals surface area contributed by atoms with Crippen LogP contribution >= 0.6 is 11.8 Å². The topological polar surface area (TPSA) is 52.8 Å². The molecule has 1 atom stereocenters. The van der Waals surface area contributed by atoms with Gasteiger partial charge in [0.15, 0.2) is 11.0 Å². The van der Waals surface area contributed by atoms with Gasteiger partial charge in [0.05, 0.1) is 7.11 Å². The SMILES string of the molecule is CCCn1c(SC(C)c2cccc(OC)c2)nnc1-c1ccncc1. The van der Waals surface area contributed by atoms with Crippen LogP contribution in [0.25, 0.3) is 11.4 Å². The predicted octanol–water partition coefficient (Wildman–Crippen LogP) is 4.61. The summed E-state index contributed by atoms with van der Waals surface area (Å²) in [6.07, 6.45) is 4.59. The molecule has 1 aromatic carbocycles. The first kappa shape index (κ1) is 17.5. The molecule has 0 spiro atoms. The highest BCUT2D eigenvalue weighted by atomic mass is 32.2. The Morgan fingerprint density at radius 2 is 1.96 bits per heavy atom. The van der Waals surface area contributed by atoms with Gasteiger partial charge in [-0.2, -0.15) is 0 Å². The molecule has 0 aliphatic rings. The molecule has 5 nitrogen and oxygen atoms in total. The number of benzene rings is 1. The molecule has 3 aromatic rings. The Labute approximate surface area is 152 Å². The number of rotatable bonds is 7. The van der Waals surface area contributed by atoms with Crippen LogP contribution in [0.2, 0.25) is 0 Å². The van der Waals surface area contributed by atoms with Crippen molar-refractivity contribution >= 4 is 11.8 Å². The minimum absolute atomic E-state index is 0.250. The molecule has 0 amide bonds. The first-order valence-electron chi connectivity index (χ1n) is 8.37. The third-order valence-electron chi connectivity index (χ3n) is 3.95. The van der Waals surface area contributed by atoms with Crippen LogP contribution in [0.3, 0.4) is 0 Å². The van der Waals surface area contributed by atoms with Gasteiger partial charge >= 0.3 is 0 Å². The van der Waals surface area contributed by atoms with E-state index in [1.807, 2.05) is 24.3 Å². The van der Waals surface area contributed by atoms with Gasteiger partial charge in [-0.1, -0.05) is 30.8 Å². The van der Waals surface area contributed by atoms with Crippen molar-refractivity contribution in [1.29, 1.82) is 0 Å². The van der Waals surface area contributed by atoms with Crippen molar-refractivity contribution in [2.75, 3.05) is 7.11 Å². The average molecular weight is 354 g/mol. The Kier molecular flexibility index (Phi) is 5.71. The molecular formula is C19H22N4OS. The lowest BCUT2D eigenvalue weighted by Crippen LogP contribution is -2.03. The summed E-state index contributed by atoms with van der Waals surface area (Å²) in [4.78, 5) is 4.08. The standard InChI is InChI=1S/C19H22N4OS/c1-4-12-23-18(15-8-10-20-11-9-15)21-22-19(23)25-14(2)16-6-5-7-17(13-16)24-3/h5-11,13-14H,4,12H2,1-3H3.